The lowest BCUT2D eigenvalue weighted by Crippen LogP contribution is -2.23. The molecule has 0 radical (unpaired) electrons. The highest BCUT2D eigenvalue weighted by Gasteiger charge is 2.08. The van der Waals surface area contributed by atoms with Crippen molar-refractivity contribution in [3.8, 4) is 9.88 Å². The summed E-state index contributed by atoms with van der Waals surface area (Å²) in [5.74, 6) is 0. The molecule has 0 aliphatic heterocycles. The quantitative estimate of drug-likeness (QED) is 0.903. The van der Waals surface area contributed by atoms with E-state index < -0.39 is 0 Å². The zero-order chi connectivity index (χ0) is 11.5. The van der Waals surface area contributed by atoms with Crippen LogP contribution in [0.3, 0.4) is 0 Å². The molecule has 0 fully saturated rings. The second-order valence-corrected chi connectivity index (χ2v) is 6.09. The van der Waals surface area contributed by atoms with Gasteiger partial charge in [0.05, 0.1) is 10.6 Å². The van der Waals surface area contributed by atoms with Crippen LogP contribution in [-0.4, -0.2) is 18.1 Å². The van der Waals surface area contributed by atoms with Gasteiger partial charge in [0.25, 0.3) is 0 Å². The fraction of sp³-hybridized carbons (Fsp3) is 0.417. The third-order valence-electron chi connectivity index (χ3n) is 2.51. The molecule has 0 amide bonds. The van der Waals surface area contributed by atoms with Crippen LogP contribution in [0.1, 0.15) is 17.5 Å². The van der Waals surface area contributed by atoms with E-state index in [4.69, 9.17) is 0 Å². The van der Waals surface area contributed by atoms with Gasteiger partial charge >= 0.3 is 0 Å². The number of thiophene rings is 1. The van der Waals surface area contributed by atoms with Crippen molar-refractivity contribution in [3.63, 3.8) is 0 Å². The van der Waals surface area contributed by atoms with Crippen molar-refractivity contribution in [1.29, 1.82) is 0 Å². The Hall–Kier alpha value is -0.710. The smallest absolute Gasteiger partial charge is 0.133 e. The fourth-order valence-corrected chi connectivity index (χ4v) is 3.25. The molecule has 0 aromatic carbocycles. The molecule has 2 rings (SSSR count). The topological polar surface area (TPSA) is 24.9 Å². The van der Waals surface area contributed by atoms with Gasteiger partial charge in [0.2, 0.25) is 0 Å². The summed E-state index contributed by atoms with van der Waals surface area (Å²) in [6, 6.07) is 4.79. The minimum atomic E-state index is 0.486. The lowest BCUT2D eigenvalue weighted by Gasteiger charge is -2.06. The highest BCUT2D eigenvalue weighted by molar-refractivity contribution is 7.21. The van der Waals surface area contributed by atoms with Crippen LogP contribution < -0.4 is 5.32 Å². The molecule has 86 valence electrons. The third-order valence-corrected chi connectivity index (χ3v) is 4.57. The molecule has 0 spiro atoms. The average molecular weight is 252 g/mol. The van der Waals surface area contributed by atoms with Crippen LogP contribution >= 0.6 is 22.7 Å². The molecule has 2 aromatic rings. The molecule has 0 saturated heterocycles. The Labute approximate surface area is 104 Å². The molecule has 2 heterocycles. The van der Waals surface area contributed by atoms with Crippen LogP contribution in [0.5, 0.6) is 0 Å². The predicted octanol–water partition coefficient (Wildman–Crippen LogP) is 3.33. The third kappa shape index (κ3) is 2.70. The summed E-state index contributed by atoms with van der Waals surface area (Å²) in [4.78, 5) is 7.30. The molecule has 1 unspecified atom stereocenters. The van der Waals surface area contributed by atoms with Crippen LogP contribution in [0.2, 0.25) is 0 Å². The monoisotopic (exact) mass is 252 g/mol. The lowest BCUT2D eigenvalue weighted by atomic mass is 10.2. The maximum absolute atomic E-state index is 4.67. The molecule has 2 aromatic heterocycles. The normalized spacial score (nSPS) is 12.9. The summed E-state index contributed by atoms with van der Waals surface area (Å²) in [5.41, 5.74) is 1.19. The molecule has 1 atom stereocenters. The largest absolute Gasteiger partial charge is 0.317 e. The van der Waals surface area contributed by atoms with Crippen LogP contribution in [0.25, 0.3) is 9.88 Å². The van der Waals surface area contributed by atoms with Gasteiger partial charge in [-0.1, -0.05) is 0 Å². The Morgan fingerprint density at radius 2 is 2.25 bits per heavy atom. The van der Waals surface area contributed by atoms with E-state index in [9.17, 15) is 0 Å². The lowest BCUT2D eigenvalue weighted by molar-refractivity contribution is 0.602. The van der Waals surface area contributed by atoms with Crippen LogP contribution in [0.15, 0.2) is 17.5 Å². The van der Waals surface area contributed by atoms with Gasteiger partial charge < -0.3 is 5.32 Å². The van der Waals surface area contributed by atoms with Gasteiger partial charge in [-0.05, 0) is 33.0 Å². The van der Waals surface area contributed by atoms with Gasteiger partial charge in [0, 0.05) is 22.7 Å². The second-order valence-electron chi connectivity index (χ2n) is 3.95. The number of nitrogens with one attached hydrogen (secondary N) is 1. The number of hydrogen-bond donors (Lipinski definition) is 1. The molecule has 0 bridgehead atoms. The van der Waals surface area contributed by atoms with E-state index in [0.717, 1.165) is 11.4 Å². The molecule has 4 heteroatoms. The Balaban J connectivity index is 2.13. The fourth-order valence-electron chi connectivity index (χ4n) is 1.48. The average Bonchev–Trinajstić information content (AvgIpc) is 2.87. The number of hydrogen-bond acceptors (Lipinski definition) is 4. The number of aromatic nitrogens is 1. The van der Waals surface area contributed by atoms with Gasteiger partial charge in [-0.25, -0.2) is 4.98 Å². The zero-order valence-corrected chi connectivity index (χ0v) is 11.4. The summed E-state index contributed by atoms with van der Waals surface area (Å²) in [6.07, 6.45) is 0.997. The number of thiazole rings is 1. The van der Waals surface area contributed by atoms with Gasteiger partial charge in [0.1, 0.15) is 5.01 Å². The molecule has 2 nitrogen and oxygen atoms in total. The van der Waals surface area contributed by atoms with Gasteiger partial charge in [-0.3, -0.25) is 0 Å². The Bertz CT molecular complexity index is 459. The number of aryl methyl sites for hydroxylation is 1. The SMILES string of the molecule is CNC(C)Cc1csc(-c2ccc(C)s2)n1. The minimum absolute atomic E-state index is 0.486. The highest BCUT2D eigenvalue weighted by Crippen LogP contribution is 2.30. The van der Waals surface area contributed by atoms with Gasteiger partial charge in [-0.2, -0.15) is 0 Å². The van der Waals surface area contributed by atoms with Gasteiger partial charge in [0.15, 0.2) is 0 Å². The van der Waals surface area contributed by atoms with E-state index in [1.54, 1.807) is 11.3 Å². The summed E-state index contributed by atoms with van der Waals surface area (Å²) >= 11 is 3.55. The van der Waals surface area contributed by atoms with E-state index in [1.165, 1.54) is 15.4 Å². The number of nitrogens with zero attached hydrogens (tertiary/aromatic N) is 1. The standard InChI is InChI=1S/C12H16N2S2/c1-8(13-3)6-10-7-15-12(14-10)11-5-4-9(2)16-11/h4-5,7-8,13H,6H2,1-3H3. The van der Waals surface area contributed by atoms with Crippen molar-refractivity contribution in [1.82, 2.24) is 10.3 Å². The van der Waals surface area contributed by atoms with E-state index in [-0.39, 0.29) is 0 Å². The van der Waals surface area contributed by atoms with E-state index >= 15 is 0 Å². The van der Waals surface area contributed by atoms with Crippen LogP contribution in [0.4, 0.5) is 0 Å². The molecule has 16 heavy (non-hydrogen) atoms. The molecule has 0 saturated carbocycles. The van der Waals surface area contributed by atoms with Crippen LogP contribution in [0, 0.1) is 6.92 Å². The first-order chi connectivity index (χ1) is 7.69. The maximum atomic E-state index is 4.67. The van der Waals surface area contributed by atoms with Crippen molar-refractivity contribution in [2.24, 2.45) is 0 Å². The minimum Gasteiger partial charge on any atom is -0.317 e. The van der Waals surface area contributed by atoms with Crippen molar-refractivity contribution in [2.45, 2.75) is 26.3 Å². The highest BCUT2D eigenvalue weighted by atomic mass is 32.1. The summed E-state index contributed by atoms with van der Waals surface area (Å²) < 4.78 is 0. The first-order valence-corrected chi connectivity index (χ1v) is 7.07. The molecule has 1 N–H and O–H groups in total. The number of likely N-dealkylation sites (N-methyl/N-ethyl adjacent to an activating group) is 1. The Morgan fingerprint density at radius 3 is 2.88 bits per heavy atom. The molecule has 0 aliphatic rings. The predicted molar refractivity (Wildman–Crippen MR) is 72.4 cm³/mol. The zero-order valence-electron chi connectivity index (χ0n) is 9.78. The van der Waals surface area contributed by atoms with Crippen LogP contribution in [-0.2, 0) is 6.42 Å². The molecule has 0 aliphatic carbocycles. The summed E-state index contributed by atoms with van der Waals surface area (Å²) in [5, 5.41) is 6.55. The first kappa shape index (κ1) is 11.8. The number of rotatable bonds is 4. The van der Waals surface area contributed by atoms with E-state index in [1.807, 2.05) is 18.4 Å². The van der Waals surface area contributed by atoms with Crippen molar-refractivity contribution < 1.29 is 0 Å². The summed E-state index contributed by atoms with van der Waals surface area (Å²) in [6.45, 7) is 4.31. The van der Waals surface area contributed by atoms with E-state index in [0.29, 0.717) is 6.04 Å². The maximum Gasteiger partial charge on any atom is 0.133 e. The van der Waals surface area contributed by atoms with Crippen molar-refractivity contribution >= 4 is 22.7 Å². The second kappa shape index (κ2) is 5.08. The van der Waals surface area contributed by atoms with Crippen molar-refractivity contribution in [2.75, 3.05) is 7.05 Å². The Kier molecular flexibility index (Phi) is 3.74. The van der Waals surface area contributed by atoms with E-state index in [2.05, 4.69) is 41.7 Å². The molecular formula is C12H16N2S2. The summed E-state index contributed by atoms with van der Waals surface area (Å²) in [7, 11) is 1.99. The molecular weight excluding hydrogens is 236 g/mol. The van der Waals surface area contributed by atoms with Crippen molar-refractivity contribution in [3.05, 3.63) is 28.1 Å². The van der Waals surface area contributed by atoms with Gasteiger partial charge in [-0.15, -0.1) is 22.7 Å². The first-order valence-electron chi connectivity index (χ1n) is 5.37. The Morgan fingerprint density at radius 1 is 1.44 bits per heavy atom.